The molecule has 0 spiro atoms. The number of hydrogen-bond donors (Lipinski definition) is 1. The van der Waals surface area contributed by atoms with Gasteiger partial charge in [-0.3, -0.25) is 4.79 Å². The van der Waals surface area contributed by atoms with E-state index < -0.39 is 34.2 Å². The van der Waals surface area contributed by atoms with Crippen molar-refractivity contribution in [2.45, 2.75) is 4.90 Å². The van der Waals surface area contributed by atoms with Gasteiger partial charge in [0.05, 0.1) is 17.6 Å². The minimum Gasteiger partial charge on any atom is -0.494 e. The lowest BCUT2D eigenvalue weighted by Gasteiger charge is -2.07. The lowest BCUT2D eigenvalue weighted by molar-refractivity contribution is 0.0474. The number of sulfonamides is 1. The van der Waals surface area contributed by atoms with E-state index in [2.05, 4.69) is 4.72 Å². The molecule has 0 aliphatic heterocycles. The van der Waals surface area contributed by atoms with Gasteiger partial charge in [0.25, 0.3) is 0 Å². The van der Waals surface area contributed by atoms with Gasteiger partial charge in [-0.1, -0.05) is 6.07 Å². The first kappa shape index (κ1) is 19.5. The summed E-state index contributed by atoms with van der Waals surface area (Å²) in [5.74, 6) is -2.21. The zero-order valence-corrected chi connectivity index (χ0v) is 14.8. The molecular weight excluding hydrogens is 365 g/mol. The number of ketones is 1. The topological polar surface area (TPSA) is 98.8 Å². The molecule has 1 N–H and O–H groups in total. The van der Waals surface area contributed by atoms with Gasteiger partial charge >= 0.3 is 5.97 Å². The number of halogens is 1. The summed E-state index contributed by atoms with van der Waals surface area (Å²) in [5, 5.41) is 0. The van der Waals surface area contributed by atoms with Crippen LogP contribution in [0, 0.1) is 5.82 Å². The molecule has 0 aliphatic rings. The second kappa shape index (κ2) is 8.07. The maximum atomic E-state index is 13.6. The summed E-state index contributed by atoms with van der Waals surface area (Å²) in [4.78, 5) is 23.9. The fraction of sp³-hybridized carbons (Fsp3) is 0.176. The molecule has 0 unspecified atom stereocenters. The highest BCUT2D eigenvalue weighted by atomic mass is 32.2. The Bertz CT molecular complexity index is 942. The number of rotatable bonds is 7. The third kappa shape index (κ3) is 4.44. The van der Waals surface area contributed by atoms with Crippen molar-refractivity contribution in [2.75, 3.05) is 20.8 Å². The van der Waals surface area contributed by atoms with Crippen LogP contribution in [0.15, 0.2) is 47.4 Å². The Hall–Kier alpha value is -2.78. The average molecular weight is 381 g/mol. The molecule has 2 rings (SSSR count). The van der Waals surface area contributed by atoms with Crippen LogP contribution < -0.4 is 9.46 Å². The van der Waals surface area contributed by atoms with Crippen LogP contribution in [0.2, 0.25) is 0 Å². The normalized spacial score (nSPS) is 11.0. The first-order chi connectivity index (χ1) is 12.3. The van der Waals surface area contributed by atoms with E-state index in [1.807, 2.05) is 0 Å². The van der Waals surface area contributed by atoms with Gasteiger partial charge in [0, 0.05) is 5.56 Å². The summed E-state index contributed by atoms with van der Waals surface area (Å²) in [6, 6.07) is 8.79. The molecule has 9 heteroatoms. The summed E-state index contributed by atoms with van der Waals surface area (Å²) in [7, 11) is -1.18. The molecular formula is C17H16FNO6S. The molecule has 0 saturated heterocycles. The number of esters is 1. The molecule has 7 nitrogen and oxygen atoms in total. The van der Waals surface area contributed by atoms with Gasteiger partial charge in [-0.15, -0.1) is 0 Å². The molecule has 2 aromatic carbocycles. The van der Waals surface area contributed by atoms with Crippen LogP contribution in [0.25, 0.3) is 0 Å². The molecule has 0 aliphatic carbocycles. The zero-order chi connectivity index (χ0) is 19.3. The van der Waals surface area contributed by atoms with E-state index in [-0.39, 0.29) is 21.8 Å². The number of ether oxygens (including phenoxy) is 2. The number of carbonyl (C=O) groups is 2. The van der Waals surface area contributed by atoms with Crippen LogP contribution in [-0.4, -0.2) is 40.9 Å². The minimum atomic E-state index is -3.72. The van der Waals surface area contributed by atoms with Crippen LogP contribution >= 0.6 is 0 Å². The van der Waals surface area contributed by atoms with Crippen molar-refractivity contribution in [2.24, 2.45) is 0 Å². The van der Waals surface area contributed by atoms with E-state index in [4.69, 9.17) is 9.47 Å². The van der Waals surface area contributed by atoms with Crippen molar-refractivity contribution in [3.63, 3.8) is 0 Å². The fourth-order valence-electron chi connectivity index (χ4n) is 2.05. The van der Waals surface area contributed by atoms with E-state index in [1.54, 1.807) is 0 Å². The predicted molar refractivity (Wildman–Crippen MR) is 90.3 cm³/mol. The largest absolute Gasteiger partial charge is 0.494 e. The molecule has 0 bridgehead atoms. The number of benzene rings is 2. The molecule has 0 atom stereocenters. The average Bonchev–Trinajstić information content (AvgIpc) is 2.65. The summed E-state index contributed by atoms with van der Waals surface area (Å²) >= 11 is 0. The maximum absolute atomic E-state index is 13.6. The predicted octanol–water partition coefficient (Wildman–Crippen LogP) is 1.78. The second-order valence-electron chi connectivity index (χ2n) is 5.08. The molecule has 138 valence electrons. The van der Waals surface area contributed by atoms with Crippen molar-refractivity contribution in [3.8, 4) is 5.75 Å². The van der Waals surface area contributed by atoms with Gasteiger partial charge in [0.15, 0.2) is 24.0 Å². The Kier molecular flexibility index (Phi) is 6.06. The third-order valence-corrected chi connectivity index (χ3v) is 4.87. The van der Waals surface area contributed by atoms with Crippen molar-refractivity contribution in [3.05, 3.63) is 59.4 Å². The molecule has 0 saturated carbocycles. The fourth-order valence-corrected chi connectivity index (χ4v) is 2.82. The van der Waals surface area contributed by atoms with Crippen molar-refractivity contribution >= 4 is 21.8 Å². The highest BCUT2D eigenvalue weighted by Gasteiger charge is 2.17. The van der Waals surface area contributed by atoms with Crippen LogP contribution in [0.3, 0.4) is 0 Å². The number of Topliss-reactive ketones (excluding diaryl/α,β-unsaturated/α-hetero) is 1. The van der Waals surface area contributed by atoms with Crippen LogP contribution in [-0.2, 0) is 14.8 Å². The van der Waals surface area contributed by atoms with E-state index in [0.29, 0.717) is 0 Å². The lowest BCUT2D eigenvalue weighted by atomic mass is 10.1. The van der Waals surface area contributed by atoms with Crippen LogP contribution in [0.5, 0.6) is 5.75 Å². The number of nitrogens with one attached hydrogen (secondary N) is 1. The Balaban J connectivity index is 2.08. The quantitative estimate of drug-likeness (QED) is 0.580. The minimum absolute atomic E-state index is 0.0129. The van der Waals surface area contributed by atoms with Gasteiger partial charge in [-0.25, -0.2) is 22.3 Å². The van der Waals surface area contributed by atoms with E-state index in [0.717, 1.165) is 12.1 Å². The standard InChI is InChI=1S/C17H16FNO6S/c1-19-26(22,23)13-5-3-4-12(8-13)17(21)25-10-15(20)11-6-7-16(24-2)14(18)9-11/h3-9,19H,10H2,1-2H3. The third-order valence-electron chi connectivity index (χ3n) is 3.46. The highest BCUT2D eigenvalue weighted by molar-refractivity contribution is 7.89. The van der Waals surface area contributed by atoms with Gasteiger partial charge in [0.1, 0.15) is 0 Å². The molecule has 0 heterocycles. The SMILES string of the molecule is CNS(=O)(=O)c1cccc(C(=O)OCC(=O)c2ccc(OC)c(F)c2)c1. The van der Waals surface area contributed by atoms with Gasteiger partial charge in [-0.05, 0) is 43.4 Å². The first-order valence-electron chi connectivity index (χ1n) is 7.36. The summed E-state index contributed by atoms with van der Waals surface area (Å²) in [6.07, 6.45) is 0. The van der Waals surface area contributed by atoms with Crippen molar-refractivity contribution in [1.29, 1.82) is 0 Å². The van der Waals surface area contributed by atoms with Crippen LogP contribution in [0.1, 0.15) is 20.7 Å². The zero-order valence-electron chi connectivity index (χ0n) is 14.0. The molecule has 26 heavy (non-hydrogen) atoms. The van der Waals surface area contributed by atoms with Crippen molar-refractivity contribution in [1.82, 2.24) is 4.72 Å². The summed E-state index contributed by atoms with van der Waals surface area (Å²) < 4.78 is 48.9. The smallest absolute Gasteiger partial charge is 0.338 e. The summed E-state index contributed by atoms with van der Waals surface area (Å²) in [6.45, 7) is -0.617. The first-order valence-corrected chi connectivity index (χ1v) is 8.84. The Morgan fingerprint density at radius 1 is 1.12 bits per heavy atom. The number of hydrogen-bond acceptors (Lipinski definition) is 6. The van der Waals surface area contributed by atoms with Gasteiger partial charge in [0.2, 0.25) is 10.0 Å². The monoisotopic (exact) mass is 381 g/mol. The lowest BCUT2D eigenvalue weighted by Crippen LogP contribution is -2.19. The Labute approximate surface area is 149 Å². The second-order valence-corrected chi connectivity index (χ2v) is 6.97. The van der Waals surface area contributed by atoms with E-state index in [9.17, 15) is 22.4 Å². The molecule has 0 amide bonds. The van der Waals surface area contributed by atoms with E-state index in [1.165, 1.54) is 44.5 Å². The Morgan fingerprint density at radius 3 is 2.46 bits per heavy atom. The molecule has 0 radical (unpaired) electrons. The van der Waals surface area contributed by atoms with Crippen LogP contribution in [0.4, 0.5) is 4.39 Å². The van der Waals surface area contributed by atoms with Crippen molar-refractivity contribution < 1.29 is 31.9 Å². The number of methoxy groups -OCH3 is 1. The van der Waals surface area contributed by atoms with E-state index >= 15 is 0 Å². The highest BCUT2D eigenvalue weighted by Crippen LogP contribution is 2.18. The van der Waals surface area contributed by atoms with Gasteiger partial charge in [-0.2, -0.15) is 0 Å². The maximum Gasteiger partial charge on any atom is 0.338 e. The number of carbonyl (C=O) groups excluding carboxylic acids is 2. The molecule has 0 aromatic heterocycles. The molecule has 0 fully saturated rings. The summed E-state index contributed by atoms with van der Waals surface area (Å²) in [5.41, 5.74) is -0.0161. The molecule has 2 aromatic rings. The Morgan fingerprint density at radius 2 is 1.85 bits per heavy atom. The van der Waals surface area contributed by atoms with Gasteiger partial charge < -0.3 is 9.47 Å².